The van der Waals surface area contributed by atoms with E-state index in [-0.39, 0.29) is 17.6 Å². The first kappa shape index (κ1) is 19.4. The fourth-order valence-electron chi connectivity index (χ4n) is 3.41. The van der Waals surface area contributed by atoms with Gasteiger partial charge in [-0.1, -0.05) is 0 Å². The van der Waals surface area contributed by atoms with Crippen molar-refractivity contribution in [3.63, 3.8) is 0 Å². The molecule has 1 aliphatic rings. The Morgan fingerprint density at radius 1 is 1.21 bits per heavy atom. The number of hydrogen-bond donors (Lipinski definition) is 2. The minimum absolute atomic E-state index is 0.188. The van der Waals surface area contributed by atoms with E-state index >= 15 is 0 Å². The van der Waals surface area contributed by atoms with Gasteiger partial charge in [0.05, 0.1) is 5.56 Å². The number of sulfone groups is 1. The van der Waals surface area contributed by atoms with E-state index < -0.39 is 9.84 Å². The molecule has 4 rings (SSSR count). The first-order valence-electron chi connectivity index (χ1n) is 9.27. The number of amides is 1. The number of hydrogen-bond acceptors (Lipinski definition) is 5. The van der Waals surface area contributed by atoms with Crippen molar-refractivity contribution < 1.29 is 22.0 Å². The number of carbonyl (C=O) groups excluding carboxylic acids is 1. The molecular weight excluding hydrogens is 395 g/mol. The molecular formula is C21H21FN2O4S. The summed E-state index contributed by atoms with van der Waals surface area (Å²) in [5.74, 6) is -0.202. The van der Waals surface area contributed by atoms with Gasteiger partial charge in [0, 0.05) is 36.0 Å². The number of fused-ring (bicyclic) bond motifs is 1. The molecule has 29 heavy (non-hydrogen) atoms. The first-order chi connectivity index (χ1) is 13.8. The highest BCUT2D eigenvalue weighted by molar-refractivity contribution is 7.90. The fraction of sp³-hybridized carbons (Fsp3) is 0.286. The minimum Gasteiger partial charge on any atom is -0.455 e. The average molecular weight is 416 g/mol. The van der Waals surface area contributed by atoms with Crippen molar-refractivity contribution in [1.82, 2.24) is 5.32 Å². The van der Waals surface area contributed by atoms with Crippen LogP contribution in [0.2, 0.25) is 0 Å². The van der Waals surface area contributed by atoms with E-state index in [0.717, 1.165) is 18.4 Å². The van der Waals surface area contributed by atoms with E-state index in [2.05, 4.69) is 10.6 Å². The summed E-state index contributed by atoms with van der Waals surface area (Å²) in [6, 6.07) is 9.39. The van der Waals surface area contributed by atoms with Crippen LogP contribution in [0, 0.1) is 5.82 Å². The summed E-state index contributed by atoms with van der Waals surface area (Å²) in [7, 11) is -1.67. The molecule has 0 radical (unpaired) electrons. The van der Waals surface area contributed by atoms with Crippen LogP contribution in [0.25, 0.3) is 22.3 Å². The molecule has 0 unspecified atom stereocenters. The standard InChI is InChI=1S/C21H21FN2O4S/c1-23-21(25)19-16-9-15(12-3-4-12)17(24-11-29(2,26)27)10-18(16)28-20(19)13-5-7-14(22)8-6-13/h5-10,12,24H,3-4,11H2,1-2H3,(H,23,25). The number of anilines is 1. The number of carbonyl (C=O) groups is 1. The number of benzene rings is 2. The summed E-state index contributed by atoms with van der Waals surface area (Å²) in [6.07, 6.45) is 3.19. The van der Waals surface area contributed by atoms with Crippen molar-refractivity contribution >= 4 is 32.4 Å². The van der Waals surface area contributed by atoms with Gasteiger partial charge in [0.15, 0.2) is 9.84 Å². The Bertz CT molecular complexity index is 1200. The molecule has 6 nitrogen and oxygen atoms in total. The largest absolute Gasteiger partial charge is 0.455 e. The maximum Gasteiger partial charge on any atom is 0.255 e. The van der Waals surface area contributed by atoms with E-state index in [0.29, 0.717) is 39.5 Å². The van der Waals surface area contributed by atoms with Crippen LogP contribution in [0.3, 0.4) is 0 Å². The molecule has 8 heteroatoms. The van der Waals surface area contributed by atoms with E-state index in [1.54, 1.807) is 25.2 Å². The predicted octanol–water partition coefficient (Wildman–Crippen LogP) is 3.89. The third kappa shape index (κ3) is 3.98. The highest BCUT2D eigenvalue weighted by atomic mass is 32.2. The number of furan rings is 1. The zero-order valence-electron chi connectivity index (χ0n) is 16.1. The van der Waals surface area contributed by atoms with Crippen molar-refractivity contribution in [1.29, 1.82) is 0 Å². The lowest BCUT2D eigenvalue weighted by atomic mass is 10.0. The normalized spacial score (nSPS) is 14.2. The van der Waals surface area contributed by atoms with Crippen LogP contribution in [0.5, 0.6) is 0 Å². The fourth-order valence-corrected chi connectivity index (χ4v) is 3.83. The summed E-state index contributed by atoms with van der Waals surface area (Å²) >= 11 is 0. The Kier molecular flexibility index (Phi) is 4.82. The van der Waals surface area contributed by atoms with Crippen molar-refractivity contribution in [2.75, 3.05) is 24.5 Å². The first-order valence-corrected chi connectivity index (χ1v) is 11.3. The molecule has 0 spiro atoms. The van der Waals surface area contributed by atoms with Crippen LogP contribution in [-0.2, 0) is 9.84 Å². The third-order valence-corrected chi connectivity index (χ3v) is 5.63. The number of rotatable bonds is 6. The maximum atomic E-state index is 13.3. The summed E-state index contributed by atoms with van der Waals surface area (Å²) in [6.45, 7) is 0. The lowest BCUT2D eigenvalue weighted by molar-refractivity contribution is 0.0964. The van der Waals surface area contributed by atoms with Crippen LogP contribution < -0.4 is 10.6 Å². The molecule has 0 bridgehead atoms. The topological polar surface area (TPSA) is 88.4 Å². The molecule has 3 aromatic rings. The molecule has 1 heterocycles. The van der Waals surface area contributed by atoms with Gasteiger partial charge in [0.2, 0.25) is 0 Å². The SMILES string of the molecule is CNC(=O)c1c(-c2ccc(F)cc2)oc2cc(NCS(C)(=O)=O)c(C3CC3)cc12. The van der Waals surface area contributed by atoms with Crippen molar-refractivity contribution in [3.8, 4) is 11.3 Å². The Hall–Kier alpha value is -2.87. The number of halogens is 1. The van der Waals surface area contributed by atoms with Gasteiger partial charge in [-0.05, 0) is 54.7 Å². The minimum atomic E-state index is -3.21. The summed E-state index contributed by atoms with van der Waals surface area (Å²) in [4.78, 5) is 12.6. The van der Waals surface area contributed by atoms with Gasteiger partial charge >= 0.3 is 0 Å². The van der Waals surface area contributed by atoms with Crippen LogP contribution in [-0.4, -0.2) is 33.5 Å². The lowest BCUT2D eigenvalue weighted by Gasteiger charge is -2.11. The van der Waals surface area contributed by atoms with Crippen molar-refractivity contribution in [2.24, 2.45) is 0 Å². The number of nitrogens with one attached hydrogen (secondary N) is 2. The van der Waals surface area contributed by atoms with E-state index in [1.165, 1.54) is 18.4 Å². The van der Waals surface area contributed by atoms with Crippen molar-refractivity contribution in [2.45, 2.75) is 18.8 Å². The molecule has 1 amide bonds. The lowest BCUT2D eigenvalue weighted by Crippen LogP contribution is -2.18. The monoisotopic (exact) mass is 416 g/mol. The van der Waals surface area contributed by atoms with Crippen molar-refractivity contribution in [3.05, 3.63) is 53.3 Å². The molecule has 0 atom stereocenters. The summed E-state index contributed by atoms with van der Waals surface area (Å²) in [5, 5.41) is 6.27. The second kappa shape index (κ2) is 7.18. The molecule has 1 fully saturated rings. The zero-order valence-corrected chi connectivity index (χ0v) is 16.9. The molecule has 1 saturated carbocycles. The molecule has 0 saturated heterocycles. The molecule has 0 aliphatic heterocycles. The van der Waals surface area contributed by atoms with Gasteiger partial charge < -0.3 is 15.1 Å². The second-order valence-corrected chi connectivity index (χ2v) is 9.49. The van der Waals surface area contributed by atoms with Crippen LogP contribution in [0.4, 0.5) is 10.1 Å². The van der Waals surface area contributed by atoms with Gasteiger partial charge in [0.25, 0.3) is 5.91 Å². The summed E-state index contributed by atoms with van der Waals surface area (Å²) in [5.41, 5.74) is 3.08. The van der Waals surface area contributed by atoms with Gasteiger partial charge in [-0.25, -0.2) is 12.8 Å². The highest BCUT2D eigenvalue weighted by Crippen LogP contribution is 2.46. The zero-order chi connectivity index (χ0) is 20.8. The Morgan fingerprint density at radius 2 is 1.90 bits per heavy atom. The molecule has 1 aromatic heterocycles. The molecule has 2 N–H and O–H groups in total. The highest BCUT2D eigenvalue weighted by Gasteiger charge is 2.29. The molecule has 152 valence electrons. The predicted molar refractivity (Wildman–Crippen MR) is 110 cm³/mol. The smallest absolute Gasteiger partial charge is 0.255 e. The van der Waals surface area contributed by atoms with Crippen LogP contribution in [0.1, 0.15) is 34.7 Å². The van der Waals surface area contributed by atoms with Gasteiger partial charge in [-0.3, -0.25) is 4.79 Å². The van der Waals surface area contributed by atoms with E-state index in [4.69, 9.17) is 4.42 Å². The Morgan fingerprint density at radius 3 is 2.48 bits per heavy atom. The van der Waals surface area contributed by atoms with E-state index in [1.807, 2.05) is 6.07 Å². The van der Waals surface area contributed by atoms with Gasteiger partial charge in [-0.2, -0.15) is 0 Å². The van der Waals surface area contributed by atoms with Crippen LogP contribution in [0.15, 0.2) is 40.8 Å². The Balaban J connectivity index is 1.90. The average Bonchev–Trinajstić information content (AvgIpc) is 3.45. The third-order valence-electron chi connectivity index (χ3n) is 4.96. The molecule has 1 aliphatic carbocycles. The van der Waals surface area contributed by atoms with Crippen LogP contribution >= 0.6 is 0 Å². The second-order valence-electron chi connectivity index (χ2n) is 7.35. The summed E-state index contributed by atoms with van der Waals surface area (Å²) < 4.78 is 42.5. The quantitative estimate of drug-likeness (QED) is 0.636. The Labute approximate surface area is 168 Å². The van der Waals surface area contributed by atoms with Gasteiger partial charge in [-0.15, -0.1) is 0 Å². The van der Waals surface area contributed by atoms with Gasteiger partial charge in [0.1, 0.15) is 23.0 Å². The van der Waals surface area contributed by atoms with E-state index in [9.17, 15) is 17.6 Å². The molecule has 2 aromatic carbocycles. The maximum absolute atomic E-state index is 13.3.